The molecule has 7 heteroatoms. The Balaban J connectivity index is 1.32. The van der Waals surface area contributed by atoms with Crippen LogP contribution in [0.25, 0.3) is 0 Å². The number of carbonyl (C=O) groups excluding carboxylic acids is 1. The van der Waals surface area contributed by atoms with Gasteiger partial charge in [-0.15, -0.1) is 0 Å². The third kappa shape index (κ3) is 4.92. The summed E-state index contributed by atoms with van der Waals surface area (Å²) in [7, 11) is 0. The van der Waals surface area contributed by atoms with Gasteiger partial charge in [-0.2, -0.15) is 5.10 Å². The number of aryl methyl sites for hydroxylation is 1. The fourth-order valence-electron chi connectivity index (χ4n) is 5.06. The first-order chi connectivity index (χ1) is 16.2. The quantitative estimate of drug-likeness (QED) is 0.583. The summed E-state index contributed by atoms with van der Waals surface area (Å²) in [5.41, 5.74) is 3.74. The van der Waals surface area contributed by atoms with E-state index < -0.39 is 0 Å². The van der Waals surface area contributed by atoms with Gasteiger partial charge in [0.2, 0.25) is 5.91 Å². The van der Waals surface area contributed by atoms with Crippen LogP contribution in [0.5, 0.6) is 0 Å². The molecule has 0 unspecified atom stereocenters. The van der Waals surface area contributed by atoms with Crippen LogP contribution in [0.3, 0.4) is 0 Å². The van der Waals surface area contributed by atoms with E-state index in [9.17, 15) is 4.79 Å². The number of anilines is 1. The maximum absolute atomic E-state index is 12.8. The van der Waals surface area contributed by atoms with Crippen molar-refractivity contribution >= 4 is 11.7 Å². The van der Waals surface area contributed by atoms with Gasteiger partial charge in [-0.25, -0.2) is 9.97 Å². The summed E-state index contributed by atoms with van der Waals surface area (Å²) in [6.45, 7) is 5.89. The van der Waals surface area contributed by atoms with Gasteiger partial charge in [-0.3, -0.25) is 9.48 Å². The van der Waals surface area contributed by atoms with E-state index in [1.54, 1.807) is 10.9 Å². The zero-order chi connectivity index (χ0) is 22.6. The molecule has 0 N–H and O–H groups in total. The maximum atomic E-state index is 12.8. The number of benzene rings is 1. The second-order valence-electron chi connectivity index (χ2n) is 9.18. The average molecular weight is 445 g/mol. The number of piperidine rings is 1. The summed E-state index contributed by atoms with van der Waals surface area (Å²) in [6.07, 6.45) is 8.74. The van der Waals surface area contributed by atoms with E-state index in [1.165, 1.54) is 11.1 Å². The number of nitrogens with zero attached hydrogens (tertiary/aromatic N) is 6. The van der Waals surface area contributed by atoms with Crippen LogP contribution in [-0.2, 0) is 24.2 Å². The monoisotopic (exact) mass is 444 g/mol. The molecule has 0 bridgehead atoms. The number of rotatable bonds is 6. The number of carbonyl (C=O) groups is 1. The molecule has 5 rings (SSSR count). The standard InChI is InChI=1S/C26H32N6O/c1-20-23-11-6-14-30(17-12-21-8-3-2-4-9-21)26(23)29-25(28-20)22-10-5-15-31(18-22)24(33)19-32-16-7-13-27-32/h2-4,7-9,13,16,22H,5-6,10-12,14-15,17-19H2,1H3/t22-/m0/s1. The van der Waals surface area contributed by atoms with Gasteiger partial charge < -0.3 is 9.80 Å². The smallest absolute Gasteiger partial charge is 0.244 e. The summed E-state index contributed by atoms with van der Waals surface area (Å²) < 4.78 is 1.69. The van der Waals surface area contributed by atoms with Gasteiger partial charge in [0.05, 0.1) is 0 Å². The highest BCUT2D eigenvalue weighted by Gasteiger charge is 2.29. The molecule has 0 radical (unpaired) electrons. The molecule has 1 amide bonds. The predicted molar refractivity (Wildman–Crippen MR) is 128 cm³/mol. The lowest BCUT2D eigenvalue weighted by atomic mass is 9.96. The Morgan fingerprint density at radius 3 is 2.79 bits per heavy atom. The van der Waals surface area contributed by atoms with Crippen molar-refractivity contribution in [2.45, 2.75) is 51.5 Å². The summed E-state index contributed by atoms with van der Waals surface area (Å²) in [5.74, 6) is 2.30. The first-order valence-corrected chi connectivity index (χ1v) is 12.1. The number of amides is 1. The van der Waals surface area contributed by atoms with E-state index in [2.05, 4.69) is 47.3 Å². The molecule has 1 atom stereocenters. The van der Waals surface area contributed by atoms with Gasteiger partial charge in [-0.05, 0) is 50.7 Å². The molecule has 1 aromatic carbocycles. The predicted octanol–water partition coefficient (Wildman–Crippen LogP) is 3.38. The number of hydrogen-bond donors (Lipinski definition) is 0. The lowest BCUT2D eigenvalue weighted by molar-refractivity contribution is -0.133. The Kier molecular flexibility index (Phi) is 6.37. The fourth-order valence-corrected chi connectivity index (χ4v) is 5.06. The van der Waals surface area contributed by atoms with Crippen LogP contribution in [0, 0.1) is 6.92 Å². The van der Waals surface area contributed by atoms with Crippen molar-refractivity contribution in [1.29, 1.82) is 0 Å². The molecule has 33 heavy (non-hydrogen) atoms. The zero-order valence-corrected chi connectivity index (χ0v) is 19.4. The normalized spacial score (nSPS) is 18.3. The molecule has 0 spiro atoms. The van der Waals surface area contributed by atoms with E-state index in [0.29, 0.717) is 6.54 Å². The molecule has 1 fully saturated rings. The van der Waals surface area contributed by atoms with Crippen molar-refractivity contribution in [1.82, 2.24) is 24.6 Å². The molecular weight excluding hydrogens is 412 g/mol. The number of hydrogen-bond acceptors (Lipinski definition) is 5. The SMILES string of the molecule is Cc1nc([C@H]2CCCN(C(=O)Cn3cccn3)C2)nc2c1CCCN2CCc1ccccc1. The Labute approximate surface area is 195 Å². The topological polar surface area (TPSA) is 67.2 Å². The molecule has 0 saturated carbocycles. The van der Waals surface area contributed by atoms with Crippen LogP contribution in [0.1, 0.15) is 47.8 Å². The highest BCUT2D eigenvalue weighted by atomic mass is 16.2. The lowest BCUT2D eigenvalue weighted by Gasteiger charge is -2.34. The van der Waals surface area contributed by atoms with Crippen molar-refractivity contribution in [3.05, 3.63) is 71.4 Å². The van der Waals surface area contributed by atoms with Crippen molar-refractivity contribution in [3.8, 4) is 0 Å². The molecular formula is C26H32N6O. The largest absolute Gasteiger partial charge is 0.356 e. The van der Waals surface area contributed by atoms with E-state index in [0.717, 1.165) is 69.1 Å². The summed E-state index contributed by atoms with van der Waals surface area (Å²) in [6, 6.07) is 12.5. The van der Waals surface area contributed by atoms with E-state index >= 15 is 0 Å². The Hall–Kier alpha value is -3.22. The molecule has 1 saturated heterocycles. The Bertz CT molecular complexity index is 1080. The minimum Gasteiger partial charge on any atom is -0.356 e. The van der Waals surface area contributed by atoms with E-state index in [4.69, 9.17) is 9.97 Å². The lowest BCUT2D eigenvalue weighted by Crippen LogP contribution is -2.41. The van der Waals surface area contributed by atoms with Crippen LogP contribution in [0.4, 0.5) is 5.82 Å². The van der Waals surface area contributed by atoms with E-state index in [-0.39, 0.29) is 18.4 Å². The van der Waals surface area contributed by atoms with Crippen LogP contribution in [0.15, 0.2) is 48.8 Å². The Morgan fingerprint density at radius 2 is 1.97 bits per heavy atom. The van der Waals surface area contributed by atoms with Crippen LogP contribution in [0.2, 0.25) is 0 Å². The van der Waals surface area contributed by atoms with Gasteiger partial charge >= 0.3 is 0 Å². The highest BCUT2D eigenvalue weighted by Crippen LogP contribution is 2.31. The first-order valence-electron chi connectivity index (χ1n) is 12.1. The fraction of sp³-hybridized carbons (Fsp3) is 0.462. The van der Waals surface area contributed by atoms with Crippen molar-refractivity contribution in [2.24, 2.45) is 0 Å². The second kappa shape index (κ2) is 9.73. The van der Waals surface area contributed by atoms with Gasteiger partial charge in [0, 0.05) is 55.7 Å². The number of likely N-dealkylation sites (tertiary alicyclic amines) is 1. The molecule has 172 valence electrons. The number of fused-ring (bicyclic) bond motifs is 1. The summed E-state index contributed by atoms with van der Waals surface area (Å²) in [5, 5.41) is 4.17. The molecule has 2 aliphatic heterocycles. The van der Waals surface area contributed by atoms with Gasteiger partial charge in [0.25, 0.3) is 0 Å². The summed E-state index contributed by atoms with van der Waals surface area (Å²) in [4.78, 5) is 27.3. The van der Waals surface area contributed by atoms with Gasteiger partial charge in [0.1, 0.15) is 18.2 Å². The average Bonchev–Trinajstić information content (AvgIpc) is 3.36. The molecule has 2 aliphatic rings. The van der Waals surface area contributed by atoms with Gasteiger partial charge in [0.15, 0.2) is 0 Å². The minimum absolute atomic E-state index is 0.113. The highest BCUT2D eigenvalue weighted by molar-refractivity contribution is 5.76. The molecule has 7 nitrogen and oxygen atoms in total. The van der Waals surface area contributed by atoms with Crippen molar-refractivity contribution in [2.75, 3.05) is 31.1 Å². The van der Waals surface area contributed by atoms with Crippen LogP contribution >= 0.6 is 0 Å². The first kappa shape index (κ1) is 21.6. The van der Waals surface area contributed by atoms with Crippen LogP contribution < -0.4 is 4.90 Å². The van der Waals surface area contributed by atoms with E-state index in [1.807, 2.05) is 17.2 Å². The zero-order valence-electron chi connectivity index (χ0n) is 19.4. The third-order valence-corrected chi connectivity index (χ3v) is 6.87. The Morgan fingerprint density at radius 1 is 1.09 bits per heavy atom. The molecule has 3 aromatic rings. The maximum Gasteiger partial charge on any atom is 0.244 e. The number of aromatic nitrogens is 4. The van der Waals surface area contributed by atoms with Crippen molar-refractivity contribution < 1.29 is 4.79 Å². The molecule has 2 aromatic heterocycles. The van der Waals surface area contributed by atoms with Crippen molar-refractivity contribution in [3.63, 3.8) is 0 Å². The third-order valence-electron chi connectivity index (χ3n) is 6.87. The summed E-state index contributed by atoms with van der Waals surface area (Å²) >= 11 is 0. The second-order valence-corrected chi connectivity index (χ2v) is 9.18. The molecule has 4 heterocycles. The molecule has 0 aliphatic carbocycles. The van der Waals surface area contributed by atoms with Gasteiger partial charge in [-0.1, -0.05) is 30.3 Å². The van der Waals surface area contributed by atoms with Crippen LogP contribution in [-0.4, -0.2) is 56.7 Å². The minimum atomic E-state index is 0.113.